The van der Waals surface area contributed by atoms with Crippen LogP contribution in [0.15, 0.2) is 28.9 Å². The van der Waals surface area contributed by atoms with E-state index in [9.17, 15) is 14.0 Å². The van der Waals surface area contributed by atoms with Crippen LogP contribution in [0, 0.1) is 12.7 Å². The number of anilines is 1. The van der Waals surface area contributed by atoms with Gasteiger partial charge in [-0.2, -0.15) is 0 Å². The molecule has 0 bridgehead atoms. The Balaban J connectivity index is 2.28. The number of rotatable bonds is 3. The number of nitrogens with zero attached hydrogens (tertiary/aromatic N) is 1. The minimum Gasteiger partial charge on any atom is -0.478 e. The van der Waals surface area contributed by atoms with E-state index in [0.717, 1.165) is 18.2 Å². The number of carboxylic acid groups (broad SMARTS) is 1. The fourth-order valence-electron chi connectivity index (χ4n) is 1.44. The van der Waals surface area contributed by atoms with Gasteiger partial charge in [0.05, 0.1) is 17.4 Å². The number of aromatic nitrogens is 1. The van der Waals surface area contributed by atoms with Crippen molar-refractivity contribution < 1.29 is 23.6 Å². The number of aryl methyl sites for hydroxylation is 1. The number of carbonyl (C=O) groups excluding carboxylic acids is 1. The zero-order valence-corrected chi connectivity index (χ0v) is 9.81. The highest BCUT2D eigenvalue weighted by Crippen LogP contribution is 2.18. The van der Waals surface area contributed by atoms with E-state index in [2.05, 4.69) is 10.5 Å². The number of carbonyl (C=O) groups is 2. The number of benzene rings is 1. The summed E-state index contributed by atoms with van der Waals surface area (Å²) in [6.07, 6.45) is 1.35. The first kappa shape index (κ1) is 12.7. The SMILES string of the molecule is Cc1cnoc1C(=O)Nc1cc(C(=O)O)ccc1F. The summed E-state index contributed by atoms with van der Waals surface area (Å²) < 4.78 is 18.2. The standard InChI is InChI=1S/C12H9FN2O4/c1-6-5-14-19-10(6)11(16)15-9-4-7(12(17)18)2-3-8(9)13/h2-5H,1H3,(H,15,16)(H,17,18). The van der Waals surface area contributed by atoms with Crippen molar-refractivity contribution in [3.05, 3.63) is 47.1 Å². The average Bonchev–Trinajstić information content (AvgIpc) is 2.78. The maximum Gasteiger partial charge on any atom is 0.335 e. The quantitative estimate of drug-likeness (QED) is 0.885. The van der Waals surface area contributed by atoms with Gasteiger partial charge in [0.25, 0.3) is 5.91 Å². The molecule has 2 N–H and O–H groups in total. The highest BCUT2D eigenvalue weighted by Gasteiger charge is 2.17. The number of hydrogen-bond acceptors (Lipinski definition) is 4. The van der Waals surface area contributed by atoms with Gasteiger partial charge in [-0.3, -0.25) is 4.79 Å². The Morgan fingerprint density at radius 3 is 2.74 bits per heavy atom. The van der Waals surface area contributed by atoms with Crippen LogP contribution in [0.3, 0.4) is 0 Å². The van der Waals surface area contributed by atoms with E-state index in [1.807, 2.05) is 0 Å². The molecule has 0 aliphatic heterocycles. The van der Waals surface area contributed by atoms with Crippen LogP contribution in [0.4, 0.5) is 10.1 Å². The molecule has 98 valence electrons. The molecular weight excluding hydrogens is 255 g/mol. The topological polar surface area (TPSA) is 92.4 Å². The summed E-state index contributed by atoms with van der Waals surface area (Å²) >= 11 is 0. The van der Waals surface area contributed by atoms with E-state index in [-0.39, 0.29) is 17.0 Å². The van der Waals surface area contributed by atoms with Crippen molar-refractivity contribution in [2.24, 2.45) is 0 Å². The van der Waals surface area contributed by atoms with Gasteiger partial charge in [0.15, 0.2) is 0 Å². The number of carboxylic acids is 1. The van der Waals surface area contributed by atoms with Crippen LogP contribution in [0.5, 0.6) is 0 Å². The fourth-order valence-corrected chi connectivity index (χ4v) is 1.44. The smallest absolute Gasteiger partial charge is 0.335 e. The Hall–Kier alpha value is -2.70. The van der Waals surface area contributed by atoms with Crippen LogP contribution in [0.25, 0.3) is 0 Å². The summed E-state index contributed by atoms with van der Waals surface area (Å²) in [6, 6.07) is 3.10. The third kappa shape index (κ3) is 2.59. The van der Waals surface area contributed by atoms with Gasteiger partial charge >= 0.3 is 5.97 Å². The van der Waals surface area contributed by atoms with Gasteiger partial charge < -0.3 is 14.9 Å². The van der Waals surface area contributed by atoms with E-state index in [0.29, 0.717) is 5.56 Å². The van der Waals surface area contributed by atoms with E-state index in [1.54, 1.807) is 6.92 Å². The number of hydrogen-bond donors (Lipinski definition) is 2. The second-order valence-electron chi connectivity index (χ2n) is 3.79. The fraction of sp³-hybridized carbons (Fsp3) is 0.0833. The molecule has 2 rings (SSSR count). The van der Waals surface area contributed by atoms with Gasteiger partial charge in [0.2, 0.25) is 5.76 Å². The van der Waals surface area contributed by atoms with Crippen molar-refractivity contribution in [2.45, 2.75) is 6.92 Å². The van der Waals surface area contributed by atoms with Crippen molar-refractivity contribution in [1.29, 1.82) is 0 Å². The molecule has 7 heteroatoms. The summed E-state index contributed by atoms with van der Waals surface area (Å²) in [5.41, 5.74) is 0.124. The first-order chi connectivity index (χ1) is 8.99. The van der Waals surface area contributed by atoms with Crippen LogP contribution in [-0.2, 0) is 0 Å². The molecule has 0 fully saturated rings. The van der Waals surface area contributed by atoms with Crippen molar-refractivity contribution in [1.82, 2.24) is 5.16 Å². The van der Waals surface area contributed by atoms with Gasteiger partial charge in [-0.1, -0.05) is 5.16 Å². The zero-order chi connectivity index (χ0) is 14.0. The molecule has 1 amide bonds. The van der Waals surface area contributed by atoms with Crippen LogP contribution in [0.2, 0.25) is 0 Å². The summed E-state index contributed by atoms with van der Waals surface area (Å²) in [5.74, 6) is -2.71. The Labute approximate surface area is 106 Å². The molecule has 0 radical (unpaired) electrons. The Morgan fingerprint density at radius 2 is 2.16 bits per heavy atom. The molecule has 1 aromatic carbocycles. The number of amides is 1. The second-order valence-corrected chi connectivity index (χ2v) is 3.79. The average molecular weight is 264 g/mol. The largest absolute Gasteiger partial charge is 0.478 e. The summed E-state index contributed by atoms with van der Waals surface area (Å²) in [4.78, 5) is 22.5. The van der Waals surface area contributed by atoms with Gasteiger partial charge in [-0.25, -0.2) is 9.18 Å². The van der Waals surface area contributed by atoms with Crippen LogP contribution in [0.1, 0.15) is 26.5 Å². The Bertz CT molecular complexity index is 651. The van der Waals surface area contributed by atoms with E-state index >= 15 is 0 Å². The lowest BCUT2D eigenvalue weighted by atomic mass is 10.2. The first-order valence-corrected chi connectivity index (χ1v) is 5.24. The summed E-state index contributed by atoms with van der Waals surface area (Å²) in [7, 11) is 0. The van der Waals surface area contributed by atoms with Crippen LogP contribution >= 0.6 is 0 Å². The van der Waals surface area contributed by atoms with E-state index in [1.165, 1.54) is 6.20 Å². The minimum absolute atomic E-state index is 0.0554. The van der Waals surface area contributed by atoms with Crippen molar-refractivity contribution in [2.75, 3.05) is 5.32 Å². The number of aromatic carboxylic acids is 1. The predicted octanol–water partition coefficient (Wildman–Crippen LogP) is 2.07. The molecule has 19 heavy (non-hydrogen) atoms. The molecule has 2 aromatic rings. The molecule has 1 aromatic heterocycles. The molecular formula is C12H9FN2O4. The molecule has 0 saturated carbocycles. The van der Waals surface area contributed by atoms with Gasteiger partial charge in [0.1, 0.15) is 5.82 Å². The maximum atomic E-state index is 13.5. The highest BCUT2D eigenvalue weighted by atomic mass is 19.1. The number of halogens is 1. The molecule has 0 spiro atoms. The van der Waals surface area contributed by atoms with Crippen LogP contribution < -0.4 is 5.32 Å². The van der Waals surface area contributed by atoms with Gasteiger partial charge in [-0.15, -0.1) is 0 Å². The molecule has 1 heterocycles. The molecule has 0 atom stereocenters. The highest BCUT2D eigenvalue weighted by molar-refractivity contribution is 6.03. The van der Waals surface area contributed by atoms with Crippen molar-refractivity contribution in [3.8, 4) is 0 Å². The molecule has 6 nitrogen and oxygen atoms in total. The van der Waals surface area contributed by atoms with Crippen molar-refractivity contribution in [3.63, 3.8) is 0 Å². The molecule has 0 aliphatic carbocycles. The molecule has 0 unspecified atom stereocenters. The lowest BCUT2D eigenvalue weighted by Crippen LogP contribution is -2.14. The lowest BCUT2D eigenvalue weighted by Gasteiger charge is -2.05. The van der Waals surface area contributed by atoms with E-state index in [4.69, 9.17) is 9.63 Å². The molecule has 0 aliphatic rings. The lowest BCUT2D eigenvalue weighted by molar-refractivity contribution is 0.0696. The summed E-state index contributed by atoms with van der Waals surface area (Å²) in [5, 5.41) is 14.5. The molecule has 0 saturated heterocycles. The van der Waals surface area contributed by atoms with Crippen molar-refractivity contribution >= 4 is 17.6 Å². The summed E-state index contributed by atoms with van der Waals surface area (Å²) in [6.45, 7) is 1.61. The minimum atomic E-state index is -1.22. The van der Waals surface area contributed by atoms with E-state index < -0.39 is 17.7 Å². The predicted molar refractivity (Wildman–Crippen MR) is 62.6 cm³/mol. The zero-order valence-electron chi connectivity index (χ0n) is 9.81. The Morgan fingerprint density at radius 1 is 1.42 bits per heavy atom. The van der Waals surface area contributed by atoms with Gasteiger partial charge in [-0.05, 0) is 25.1 Å². The van der Waals surface area contributed by atoms with Crippen LogP contribution in [-0.4, -0.2) is 22.1 Å². The Kier molecular flexibility index (Phi) is 3.28. The third-order valence-electron chi connectivity index (χ3n) is 2.42. The maximum absolute atomic E-state index is 13.5. The normalized spacial score (nSPS) is 10.2. The third-order valence-corrected chi connectivity index (χ3v) is 2.42. The first-order valence-electron chi connectivity index (χ1n) is 5.24. The monoisotopic (exact) mass is 264 g/mol. The van der Waals surface area contributed by atoms with Gasteiger partial charge in [0, 0.05) is 5.56 Å². The second kappa shape index (κ2) is 4.89. The number of nitrogens with one attached hydrogen (secondary N) is 1.